The van der Waals surface area contributed by atoms with E-state index in [1.165, 1.54) is 11.8 Å². The second kappa shape index (κ2) is 10.2. The van der Waals surface area contributed by atoms with E-state index < -0.39 is 0 Å². The maximum Gasteiger partial charge on any atom is 0.234 e. The predicted octanol–water partition coefficient (Wildman–Crippen LogP) is 3.80. The highest BCUT2D eigenvalue weighted by molar-refractivity contribution is 7.99. The van der Waals surface area contributed by atoms with E-state index >= 15 is 0 Å². The average molecular weight is 474 g/mol. The van der Waals surface area contributed by atoms with Crippen LogP contribution in [-0.2, 0) is 6.54 Å². The third kappa shape index (κ3) is 5.18. The molecule has 1 fully saturated rings. The fraction of sp³-hybridized carbons (Fsp3) is 0.292. The van der Waals surface area contributed by atoms with Crippen molar-refractivity contribution in [1.29, 1.82) is 0 Å². The molecule has 0 saturated carbocycles. The zero-order chi connectivity index (χ0) is 23.3. The Morgan fingerprint density at radius 3 is 2.47 bits per heavy atom. The van der Waals surface area contributed by atoms with Gasteiger partial charge >= 0.3 is 0 Å². The molecule has 3 aromatic heterocycles. The van der Waals surface area contributed by atoms with E-state index in [9.17, 15) is 0 Å². The molecular weight excluding hydrogens is 446 g/mol. The van der Waals surface area contributed by atoms with Gasteiger partial charge in [-0.1, -0.05) is 24.3 Å². The van der Waals surface area contributed by atoms with Crippen LogP contribution in [-0.4, -0.2) is 67.8 Å². The third-order valence-corrected chi connectivity index (χ3v) is 6.46. The highest BCUT2D eigenvalue weighted by Gasteiger charge is 2.20. The van der Waals surface area contributed by atoms with Crippen LogP contribution in [0.2, 0.25) is 0 Å². The minimum atomic E-state index is 0.482. The number of nitrogens with one attached hydrogen (secondary N) is 1. The number of hydrogen-bond acceptors (Lipinski definition) is 9. The van der Waals surface area contributed by atoms with Gasteiger partial charge in [-0.05, 0) is 50.0 Å². The first kappa shape index (κ1) is 22.3. The molecule has 0 unspecified atom stereocenters. The van der Waals surface area contributed by atoms with Crippen LogP contribution in [0, 0.1) is 0 Å². The Bertz CT molecular complexity index is 1220. The topological polar surface area (TPSA) is 87.9 Å². The second-order valence-electron chi connectivity index (χ2n) is 8.02. The number of nitrogens with zero attached hydrogens (tertiary/aromatic N) is 8. The Labute approximate surface area is 203 Å². The van der Waals surface area contributed by atoms with Crippen LogP contribution in [0.5, 0.6) is 0 Å². The van der Waals surface area contributed by atoms with Crippen molar-refractivity contribution in [3.63, 3.8) is 0 Å². The number of anilines is 3. The summed E-state index contributed by atoms with van der Waals surface area (Å²) < 4.78 is 1.92. The van der Waals surface area contributed by atoms with Gasteiger partial charge in [-0.2, -0.15) is 20.1 Å². The number of piperazine rings is 1. The van der Waals surface area contributed by atoms with Crippen LogP contribution in [0.25, 0.3) is 11.4 Å². The van der Waals surface area contributed by atoms with Gasteiger partial charge < -0.3 is 15.1 Å². The minimum Gasteiger partial charge on any atom is -0.338 e. The molecule has 0 atom stereocenters. The molecule has 1 aliphatic rings. The van der Waals surface area contributed by atoms with Crippen molar-refractivity contribution in [3.05, 3.63) is 60.8 Å². The fourth-order valence-electron chi connectivity index (χ4n) is 3.74. The van der Waals surface area contributed by atoms with Crippen LogP contribution >= 0.6 is 11.8 Å². The van der Waals surface area contributed by atoms with E-state index in [0.29, 0.717) is 22.9 Å². The highest BCUT2D eigenvalue weighted by atomic mass is 32.2. The van der Waals surface area contributed by atoms with Gasteiger partial charge in [0.05, 0.1) is 11.4 Å². The molecule has 9 nitrogen and oxygen atoms in total. The van der Waals surface area contributed by atoms with Gasteiger partial charge in [-0.3, -0.25) is 9.67 Å². The standard InChI is InChI=1S/C24H27N9S/c1-3-33-20(19-11-7-8-12-25-19)17-21(30-33)26-22-27-23(32-15-13-31(2)14-16-32)29-24(28-22)34-18-9-5-4-6-10-18/h4-12,17H,3,13-16H2,1-2H3,(H,26,27,28,29,30). The average Bonchev–Trinajstić information content (AvgIpc) is 3.28. The lowest BCUT2D eigenvalue weighted by Crippen LogP contribution is -2.45. The molecule has 1 saturated heterocycles. The summed E-state index contributed by atoms with van der Waals surface area (Å²) in [7, 11) is 2.14. The Balaban J connectivity index is 1.46. The van der Waals surface area contributed by atoms with Crippen molar-refractivity contribution in [2.24, 2.45) is 0 Å². The first-order chi connectivity index (χ1) is 16.7. The molecular formula is C24H27N9S. The lowest BCUT2D eigenvalue weighted by molar-refractivity contribution is 0.311. The number of benzene rings is 1. The third-order valence-electron chi connectivity index (χ3n) is 5.59. The van der Waals surface area contributed by atoms with E-state index in [1.807, 2.05) is 47.1 Å². The van der Waals surface area contributed by atoms with Gasteiger partial charge in [0.15, 0.2) is 11.0 Å². The number of aryl methyl sites for hydroxylation is 1. The van der Waals surface area contributed by atoms with E-state index in [1.54, 1.807) is 6.20 Å². The number of likely N-dealkylation sites (N-methyl/N-ethyl adjacent to an activating group) is 1. The number of aromatic nitrogens is 6. The molecule has 0 aliphatic carbocycles. The summed E-state index contributed by atoms with van der Waals surface area (Å²) in [6.45, 7) is 6.50. The molecule has 4 heterocycles. The van der Waals surface area contributed by atoms with Crippen molar-refractivity contribution in [1.82, 2.24) is 34.6 Å². The molecule has 0 radical (unpaired) electrons. The molecule has 1 aliphatic heterocycles. The Morgan fingerprint density at radius 2 is 1.74 bits per heavy atom. The lowest BCUT2D eigenvalue weighted by Gasteiger charge is -2.32. The van der Waals surface area contributed by atoms with Gasteiger partial charge in [-0.25, -0.2) is 0 Å². The normalized spacial score (nSPS) is 14.4. The summed E-state index contributed by atoms with van der Waals surface area (Å²) in [6.07, 6.45) is 1.79. The number of pyridine rings is 1. The Hall–Kier alpha value is -3.50. The summed E-state index contributed by atoms with van der Waals surface area (Å²) >= 11 is 1.53. The lowest BCUT2D eigenvalue weighted by atomic mass is 10.2. The maximum atomic E-state index is 4.78. The quantitative estimate of drug-likeness (QED) is 0.431. The van der Waals surface area contributed by atoms with Crippen molar-refractivity contribution >= 4 is 29.5 Å². The molecule has 0 spiro atoms. The molecule has 4 aromatic rings. The van der Waals surface area contributed by atoms with Crippen LogP contribution in [0.15, 0.2) is 70.8 Å². The molecule has 34 heavy (non-hydrogen) atoms. The summed E-state index contributed by atoms with van der Waals surface area (Å²) in [6, 6.07) is 18.0. The van der Waals surface area contributed by atoms with Crippen LogP contribution in [0.3, 0.4) is 0 Å². The summed E-state index contributed by atoms with van der Waals surface area (Å²) in [4.78, 5) is 24.3. The molecule has 0 bridgehead atoms. The smallest absolute Gasteiger partial charge is 0.234 e. The maximum absolute atomic E-state index is 4.78. The number of hydrogen-bond donors (Lipinski definition) is 1. The van der Waals surface area contributed by atoms with E-state index in [4.69, 9.17) is 20.1 Å². The van der Waals surface area contributed by atoms with Crippen LogP contribution in [0.1, 0.15) is 6.92 Å². The second-order valence-corrected chi connectivity index (χ2v) is 9.06. The van der Waals surface area contributed by atoms with Crippen LogP contribution in [0.4, 0.5) is 17.7 Å². The van der Waals surface area contributed by atoms with E-state index in [-0.39, 0.29) is 0 Å². The summed E-state index contributed by atoms with van der Waals surface area (Å²) in [5, 5.41) is 8.67. The Morgan fingerprint density at radius 1 is 0.941 bits per heavy atom. The fourth-order valence-corrected chi connectivity index (χ4v) is 4.51. The monoisotopic (exact) mass is 473 g/mol. The Kier molecular flexibility index (Phi) is 6.68. The molecule has 0 amide bonds. The summed E-state index contributed by atoms with van der Waals surface area (Å²) in [5.41, 5.74) is 1.82. The first-order valence-electron chi connectivity index (χ1n) is 11.4. The van der Waals surface area contributed by atoms with E-state index in [0.717, 1.165) is 49.0 Å². The van der Waals surface area contributed by atoms with E-state index in [2.05, 4.69) is 46.2 Å². The molecule has 10 heteroatoms. The van der Waals surface area contributed by atoms with Gasteiger partial charge in [0, 0.05) is 49.9 Å². The minimum absolute atomic E-state index is 0.482. The predicted molar refractivity (Wildman–Crippen MR) is 135 cm³/mol. The highest BCUT2D eigenvalue weighted by Crippen LogP contribution is 2.28. The van der Waals surface area contributed by atoms with Gasteiger partial charge in [0.25, 0.3) is 0 Å². The molecule has 1 N–H and O–H groups in total. The zero-order valence-electron chi connectivity index (χ0n) is 19.3. The zero-order valence-corrected chi connectivity index (χ0v) is 20.1. The van der Waals surface area contributed by atoms with Crippen molar-refractivity contribution < 1.29 is 0 Å². The number of rotatable bonds is 7. The van der Waals surface area contributed by atoms with Crippen molar-refractivity contribution in [2.45, 2.75) is 23.5 Å². The van der Waals surface area contributed by atoms with Crippen LogP contribution < -0.4 is 10.2 Å². The van der Waals surface area contributed by atoms with Crippen molar-refractivity contribution in [3.8, 4) is 11.4 Å². The van der Waals surface area contributed by atoms with Gasteiger partial charge in [-0.15, -0.1) is 0 Å². The van der Waals surface area contributed by atoms with Gasteiger partial charge in [0.1, 0.15) is 0 Å². The molecule has 1 aromatic carbocycles. The first-order valence-corrected chi connectivity index (χ1v) is 12.2. The van der Waals surface area contributed by atoms with Crippen molar-refractivity contribution in [2.75, 3.05) is 43.4 Å². The summed E-state index contributed by atoms with van der Waals surface area (Å²) in [5.74, 6) is 1.84. The van der Waals surface area contributed by atoms with Gasteiger partial charge in [0.2, 0.25) is 11.9 Å². The molecule has 174 valence electrons. The largest absolute Gasteiger partial charge is 0.338 e. The molecule has 5 rings (SSSR count). The SMILES string of the molecule is CCn1nc(Nc2nc(Sc3ccccc3)nc(N3CCN(C)CC3)n2)cc1-c1ccccn1.